The molecule has 0 aliphatic rings. The summed E-state index contributed by atoms with van der Waals surface area (Å²) in [5.41, 5.74) is -0.253. The zero-order valence-corrected chi connectivity index (χ0v) is 17.0. The number of ether oxygens (including phenoxy) is 1. The quantitative estimate of drug-likeness (QED) is 0.728. The number of hydrogen-bond donors (Lipinski definition) is 1. The maximum Gasteiger partial charge on any atom is 0.338 e. The zero-order valence-electron chi connectivity index (χ0n) is 16.2. The Morgan fingerprint density at radius 2 is 1.62 bits per heavy atom. The molecule has 7 nitrogen and oxygen atoms in total. The lowest BCUT2D eigenvalue weighted by atomic mass is 10.1. The van der Waals surface area contributed by atoms with Gasteiger partial charge in [0.2, 0.25) is 10.0 Å². The molecule has 8 heteroatoms. The minimum Gasteiger partial charge on any atom is -0.449 e. The summed E-state index contributed by atoms with van der Waals surface area (Å²) in [4.78, 5) is 24.3. The Bertz CT molecular complexity index is 732. The van der Waals surface area contributed by atoms with Crippen LogP contribution in [0.15, 0.2) is 29.2 Å². The molecule has 1 amide bonds. The molecule has 0 bridgehead atoms. The molecule has 1 unspecified atom stereocenters. The van der Waals surface area contributed by atoms with E-state index >= 15 is 0 Å². The molecule has 0 aliphatic carbocycles. The van der Waals surface area contributed by atoms with Crippen LogP contribution >= 0.6 is 0 Å². The van der Waals surface area contributed by atoms with Crippen molar-refractivity contribution in [2.45, 2.75) is 58.1 Å². The molecule has 26 heavy (non-hydrogen) atoms. The Hall–Kier alpha value is -1.93. The standard InChI is InChI=1S/C18H28N2O5S/c1-7-20(8-2)26(23,24)15-11-9-14(10-12-15)17(22)25-13(3)16(21)19-18(4,5)6/h9-13H,7-8H2,1-6H3,(H,19,21). The average Bonchev–Trinajstić information content (AvgIpc) is 2.54. The topological polar surface area (TPSA) is 92.8 Å². The lowest BCUT2D eigenvalue weighted by Crippen LogP contribution is -2.46. The molecule has 1 aromatic rings. The van der Waals surface area contributed by atoms with Crippen LogP contribution in [0.1, 0.15) is 51.9 Å². The molecule has 1 N–H and O–H groups in total. The van der Waals surface area contributed by atoms with Crippen molar-refractivity contribution in [2.75, 3.05) is 13.1 Å². The van der Waals surface area contributed by atoms with Crippen LogP contribution in [-0.2, 0) is 19.6 Å². The highest BCUT2D eigenvalue weighted by molar-refractivity contribution is 7.89. The van der Waals surface area contributed by atoms with Crippen molar-refractivity contribution in [3.63, 3.8) is 0 Å². The fraction of sp³-hybridized carbons (Fsp3) is 0.556. The van der Waals surface area contributed by atoms with E-state index < -0.39 is 33.5 Å². The van der Waals surface area contributed by atoms with Crippen LogP contribution < -0.4 is 5.32 Å². The molecular weight excluding hydrogens is 356 g/mol. The lowest BCUT2D eigenvalue weighted by Gasteiger charge is -2.23. The summed E-state index contributed by atoms with van der Waals surface area (Å²) in [7, 11) is -3.58. The number of carbonyl (C=O) groups excluding carboxylic acids is 2. The van der Waals surface area contributed by atoms with Gasteiger partial charge in [-0.05, 0) is 52.0 Å². The lowest BCUT2D eigenvalue weighted by molar-refractivity contribution is -0.130. The second-order valence-corrected chi connectivity index (χ2v) is 8.84. The summed E-state index contributed by atoms with van der Waals surface area (Å²) in [5.74, 6) is -1.08. The van der Waals surface area contributed by atoms with E-state index in [-0.39, 0.29) is 10.5 Å². The maximum atomic E-state index is 12.4. The van der Waals surface area contributed by atoms with Crippen molar-refractivity contribution in [3.05, 3.63) is 29.8 Å². The van der Waals surface area contributed by atoms with Gasteiger partial charge < -0.3 is 10.1 Å². The SMILES string of the molecule is CCN(CC)S(=O)(=O)c1ccc(C(=O)OC(C)C(=O)NC(C)(C)C)cc1. The van der Waals surface area contributed by atoms with Crippen LogP contribution in [0.2, 0.25) is 0 Å². The van der Waals surface area contributed by atoms with Gasteiger partial charge in [-0.3, -0.25) is 4.79 Å². The van der Waals surface area contributed by atoms with Crippen molar-refractivity contribution in [2.24, 2.45) is 0 Å². The Kier molecular flexibility index (Phi) is 7.35. The summed E-state index contributed by atoms with van der Waals surface area (Å²) >= 11 is 0. The third kappa shape index (κ3) is 5.81. The van der Waals surface area contributed by atoms with Crippen molar-refractivity contribution >= 4 is 21.9 Å². The molecular formula is C18H28N2O5S. The molecule has 0 aromatic heterocycles. The van der Waals surface area contributed by atoms with Crippen LogP contribution in [-0.4, -0.2) is 49.3 Å². The Morgan fingerprint density at radius 1 is 1.12 bits per heavy atom. The number of nitrogens with zero attached hydrogens (tertiary/aromatic N) is 1. The summed E-state index contributed by atoms with van der Waals surface area (Å²) < 4.78 is 31.3. The van der Waals surface area contributed by atoms with Gasteiger partial charge in [-0.1, -0.05) is 13.8 Å². The van der Waals surface area contributed by atoms with Crippen LogP contribution in [0.4, 0.5) is 0 Å². The summed E-state index contributed by atoms with van der Waals surface area (Å²) in [6.07, 6.45) is -0.958. The summed E-state index contributed by atoms with van der Waals surface area (Å²) in [6.45, 7) is 11.2. The Labute approximate surface area is 155 Å². The van der Waals surface area contributed by atoms with E-state index in [4.69, 9.17) is 4.74 Å². The van der Waals surface area contributed by atoms with Gasteiger partial charge in [0.1, 0.15) is 0 Å². The number of amides is 1. The summed E-state index contributed by atoms with van der Waals surface area (Å²) in [6, 6.07) is 5.49. The van der Waals surface area contributed by atoms with Gasteiger partial charge in [-0.2, -0.15) is 4.31 Å². The highest BCUT2D eigenvalue weighted by Crippen LogP contribution is 2.17. The highest BCUT2D eigenvalue weighted by atomic mass is 32.2. The normalized spacial score (nSPS) is 13.3. The number of esters is 1. The van der Waals surface area contributed by atoms with E-state index in [9.17, 15) is 18.0 Å². The van der Waals surface area contributed by atoms with Crippen molar-refractivity contribution in [1.29, 1.82) is 0 Å². The second kappa shape index (κ2) is 8.64. The fourth-order valence-corrected chi connectivity index (χ4v) is 3.69. The van der Waals surface area contributed by atoms with E-state index in [1.54, 1.807) is 13.8 Å². The van der Waals surface area contributed by atoms with E-state index in [1.807, 2.05) is 20.8 Å². The van der Waals surface area contributed by atoms with Gasteiger partial charge in [0, 0.05) is 18.6 Å². The van der Waals surface area contributed by atoms with Gasteiger partial charge in [0.25, 0.3) is 5.91 Å². The molecule has 0 heterocycles. The van der Waals surface area contributed by atoms with E-state index in [0.29, 0.717) is 13.1 Å². The van der Waals surface area contributed by atoms with Gasteiger partial charge in [0.15, 0.2) is 6.10 Å². The molecule has 0 radical (unpaired) electrons. The number of hydrogen-bond acceptors (Lipinski definition) is 5. The molecule has 0 saturated carbocycles. The van der Waals surface area contributed by atoms with Crippen molar-refractivity contribution in [3.8, 4) is 0 Å². The highest BCUT2D eigenvalue weighted by Gasteiger charge is 2.24. The van der Waals surface area contributed by atoms with E-state index in [2.05, 4.69) is 5.32 Å². The van der Waals surface area contributed by atoms with Gasteiger partial charge in [-0.15, -0.1) is 0 Å². The van der Waals surface area contributed by atoms with Crippen LogP contribution in [0.3, 0.4) is 0 Å². The van der Waals surface area contributed by atoms with Crippen LogP contribution in [0.25, 0.3) is 0 Å². The predicted octanol–water partition coefficient (Wildman–Crippen LogP) is 2.18. The van der Waals surface area contributed by atoms with Gasteiger partial charge in [-0.25, -0.2) is 13.2 Å². The largest absolute Gasteiger partial charge is 0.449 e. The second-order valence-electron chi connectivity index (χ2n) is 6.90. The minimum atomic E-state index is -3.58. The third-order valence-electron chi connectivity index (χ3n) is 3.58. The number of carbonyl (C=O) groups is 2. The van der Waals surface area contributed by atoms with Gasteiger partial charge in [0.05, 0.1) is 10.5 Å². The van der Waals surface area contributed by atoms with Gasteiger partial charge >= 0.3 is 5.97 Å². The van der Waals surface area contributed by atoms with Crippen LogP contribution in [0.5, 0.6) is 0 Å². The molecule has 0 spiro atoms. The number of nitrogens with one attached hydrogen (secondary N) is 1. The first-order valence-electron chi connectivity index (χ1n) is 8.55. The Morgan fingerprint density at radius 3 is 2.04 bits per heavy atom. The number of benzene rings is 1. The summed E-state index contributed by atoms with van der Waals surface area (Å²) in [5, 5.41) is 2.73. The number of sulfonamides is 1. The fourth-order valence-electron chi connectivity index (χ4n) is 2.23. The zero-order chi connectivity index (χ0) is 20.1. The molecule has 1 rings (SSSR count). The number of rotatable bonds is 7. The molecule has 0 saturated heterocycles. The first-order chi connectivity index (χ1) is 11.9. The molecule has 1 aromatic carbocycles. The molecule has 0 aliphatic heterocycles. The molecule has 0 fully saturated rings. The first-order valence-corrected chi connectivity index (χ1v) is 9.99. The predicted molar refractivity (Wildman–Crippen MR) is 99.3 cm³/mol. The van der Waals surface area contributed by atoms with E-state index in [0.717, 1.165) is 0 Å². The smallest absolute Gasteiger partial charge is 0.338 e. The van der Waals surface area contributed by atoms with Crippen molar-refractivity contribution in [1.82, 2.24) is 9.62 Å². The monoisotopic (exact) mass is 384 g/mol. The van der Waals surface area contributed by atoms with Crippen molar-refractivity contribution < 1.29 is 22.7 Å². The maximum absolute atomic E-state index is 12.4. The minimum absolute atomic E-state index is 0.108. The third-order valence-corrected chi connectivity index (χ3v) is 5.65. The molecule has 1 atom stereocenters. The van der Waals surface area contributed by atoms with Crippen LogP contribution in [0, 0.1) is 0 Å². The molecule has 146 valence electrons. The average molecular weight is 384 g/mol. The first kappa shape index (κ1) is 22.1. The Balaban J connectivity index is 2.86. The van der Waals surface area contributed by atoms with E-state index in [1.165, 1.54) is 35.5 Å².